The number of hydrogen-bond donors (Lipinski definition) is 1. The van der Waals surface area contributed by atoms with E-state index in [0.717, 1.165) is 6.29 Å². The summed E-state index contributed by atoms with van der Waals surface area (Å²) in [7, 11) is 0. The Balaban J connectivity index is 2.09. The molecule has 0 spiro atoms. The lowest BCUT2D eigenvalue weighted by Crippen LogP contribution is -2.14. The molecule has 0 fully saturated rings. The molecule has 0 radical (unpaired) electrons. The molecule has 1 aliphatic carbocycles. The van der Waals surface area contributed by atoms with Crippen molar-refractivity contribution in [3.05, 3.63) is 65.3 Å². The van der Waals surface area contributed by atoms with E-state index in [4.69, 9.17) is 0 Å². The number of rotatable bonds is 4. The number of carbonyl (C=O) groups is 3. The fourth-order valence-corrected chi connectivity index (χ4v) is 1.89. The van der Waals surface area contributed by atoms with E-state index in [2.05, 4.69) is 5.32 Å². The van der Waals surface area contributed by atoms with Gasteiger partial charge in [-0.25, -0.2) is 0 Å². The van der Waals surface area contributed by atoms with Gasteiger partial charge in [0.1, 0.15) is 6.29 Å². The van der Waals surface area contributed by atoms with Gasteiger partial charge in [-0.3, -0.25) is 14.4 Å². The first-order chi connectivity index (χ1) is 10.1. The standard InChI is InChI=1S/C17H15NO3/c1-12(20)14-7-9-16(10-8-14)18-17(21)15-4-2-3-13(11-19)5-6-15/h2-3,5-11H,4H2,1H3,(H,18,21). The van der Waals surface area contributed by atoms with Gasteiger partial charge in [0.25, 0.3) is 5.91 Å². The fourth-order valence-electron chi connectivity index (χ4n) is 1.89. The summed E-state index contributed by atoms with van der Waals surface area (Å²) in [6.07, 6.45) is 7.93. The maximum atomic E-state index is 12.1. The number of ketones is 1. The van der Waals surface area contributed by atoms with E-state index in [1.165, 1.54) is 6.92 Å². The molecule has 0 heterocycles. The SMILES string of the molecule is CC(=O)c1ccc(NC(=O)C2=CC=C(C=O)C=CC2)cc1. The maximum absolute atomic E-state index is 12.1. The summed E-state index contributed by atoms with van der Waals surface area (Å²) in [6, 6.07) is 6.72. The number of aldehydes is 1. The minimum atomic E-state index is -0.223. The highest BCUT2D eigenvalue weighted by atomic mass is 16.1. The quantitative estimate of drug-likeness (QED) is 0.682. The van der Waals surface area contributed by atoms with Crippen molar-refractivity contribution in [1.82, 2.24) is 0 Å². The van der Waals surface area contributed by atoms with Crippen LogP contribution < -0.4 is 5.32 Å². The second-order valence-corrected chi connectivity index (χ2v) is 4.67. The highest BCUT2D eigenvalue weighted by Gasteiger charge is 2.10. The van der Waals surface area contributed by atoms with E-state index in [-0.39, 0.29) is 11.7 Å². The Bertz CT molecular complexity index is 664. The zero-order chi connectivity index (χ0) is 15.2. The average Bonchev–Trinajstić information content (AvgIpc) is 2.73. The number of carbonyl (C=O) groups excluding carboxylic acids is 3. The molecule has 0 atom stereocenters. The molecule has 0 saturated carbocycles. The molecule has 2 rings (SSSR count). The van der Waals surface area contributed by atoms with Crippen LogP contribution in [0, 0.1) is 0 Å². The molecule has 0 aromatic heterocycles. The second-order valence-electron chi connectivity index (χ2n) is 4.67. The average molecular weight is 281 g/mol. The van der Waals surface area contributed by atoms with Crippen molar-refractivity contribution in [2.45, 2.75) is 13.3 Å². The molecule has 1 N–H and O–H groups in total. The van der Waals surface area contributed by atoms with E-state index in [1.54, 1.807) is 48.6 Å². The minimum absolute atomic E-state index is 0.0176. The Labute approximate surface area is 122 Å². The normalized spacial score (nSPS) is 13.8. The van der Waals surface area contributed by atoms with Crippen LogP contribution in [0.25, 0.3) is 0 Å². The van der Waals surface area contributed by atoms with Crippen molar-refractivity contribution >= 4 is 23.7 Å². The van der Waals surface area contributed by atoms with Crippen LogP contribution in [0.1, 0.15) is 23.7 Å². The summed E-state index contributed by atoms with van der Waals surface area (Å²) in [5.74, 6) is -0.241. The summed E-state index contributed by atoms with van der Waals surface area (Å²) >= 11 is 0. The Morgan fingerprint density at radius 1 is 1.14 bits per heavy atom. The first-order valence-electron chi connectivity index (χ1n) is 6.55. The molecule has 0 saturated heterocycles. The number of benzene rings is 1. The lowest BCUT2D eigenvalue weighted by atomic mass is 10.1. The number of allylic oxidation sites excluding steroid dienone is 5. The van der Waals surface area contributed by atoms with Gasteiger partial charge in [0, 0.05) is 22.4 Å². The van der Waals surface area contributed by atoms with Crippen LogP contribution in [0.2, 0.25) is 0 Å². The third-order valence-corrected chi connectivity index (χ3v) is 3.10. The monoisotopic (exact) mass is 281 g/mol. The minimum Gasteiger partial charge on any atom is -0.322 e. The van der Waals surface area contributed by atoms with Crippen molar-refractivity contribution in [2.24, 2.45) is 0 Å². The zero-order valence-corrected chi connectivity index (χ0v) is 11.6. The maximum Gasteiger partial charge on any atom is 0.251 e. The van der Waals surface area contributed by atoms with Gasteiger partial charge >= 0.3 is 0 Å². The molecule has 1 amide bonds. The molecular formula is C17H15NO3. The number of nitrogens with one attached hydrogen (secondary N) is 1. The zero-order valence-electron chi connectivity index (χ0n) is 11.6. The molecule has 4 nitrogen and oxygen atoms in total. The van der Waals surface area contributed by atoms with E-state index in [9.17, 15) is 14.4 Å². The van der Waals surface area contributed by atoms with Crippen molar-refractivity contribution in [2.75, 3.05) is 5.32 Å². The van der Waals surface area contributed by atoms with Crippen LogP contribution in [0.4, 0.5) is 5.69 Å². The van der Waals surface area contributed by atoms with Gasteiger partial charge < -0.3 is 5.32 Å². The van der Waals surface area contributed by atoms with Crippen molar-refractivity contribution in [3.8, 4) is 0 Å². The Kier molecular flexibility index (Phi) is 4.61. The van der Waals surface area contributed by atoms with Gasteiger partial charge in [-0.1, -0.05) is 24.3 Å². The number of hydrogen-bond acceptors (Lipinski definition) is 3. The van der Waals surface area contributed by atoms with Crippen molar-refractivity contribution < 1.29 is 14.4 Å². The highest BCUT2D eigenvalue weighted by Crippen LogP contribution is 2.15. The summed E-state index contributed by atoms with van der Waals surface area (Å²) in [5, 5.41) is 2.77. The molecule has 0 bridgehead atoms. The Morgan fingerprint density at radius 3 is 2.48 bits per heavy atom. The van der Waals surface area contributed by atoms with Crippen molar-refractivity contribution in [1.29, 1.82) is 0 Å². The van der Waals surface area contributed by atoms with Gasteiger partial charge in [0.2, 0.25) is 0 Å². The lowest BCUT2D eigenvalue weighted by Gasteiger charge is -2.07. The van der Waals surface area contributed by atoms with Crippen LogP contribution in [0.15, 0.2) is 59.7 Å². The molecule has 4 heteroatoms. The topological polar surface area (TPSA) is 63.2 Å². The molecule has 1 aliphatic rings. The van der Waals surface area contributed by atoms with Crippen LogP contribution >= 0.6 is 0 Å². The predicted molar refractivity (Wildman–Crippen MR) is 81.1 cm³/mol. The number of amides is 1. The van der Waals surface area contributed by atoms with Crippen LogP contribution in [0.5, 0.6) is 0 Å². The number of Topliss-reactive ketones (excluding diaryl/α,β-unsaturated/α-hetero) is 1. The van der Waals surface area contributed by atoms with Gasteiger partial charge in [-0.2, -0.15) is 0 Å². The van der Waals surface area contributed by atoms with Crippen LogP contribution in [-0.2, 0) is 9.59 Å². The molecule has 106 valence electrons. The predicted octanol–water partition coefficient (Wildman–Crippen LogP) is 2.84. The van der Waals surface area contributed by atoms with E-state index in [0.29, 0.717) is 28.8 Å². The summed E-state index contributed by atoms with van der Waals surface area (Å²) in [4.78, 5) is 34.0. The molecule has 21 heavy (non-hydrogen) atoms. The first kappa shape index (κ1) is 14.7. The second kappa shape index (κ2) is 6.61. The van der Waals surface area contributed by atoms with Crippen LogP contribution in [0.3, 0.4) is 0 Å². The number of anilines is 1. The summed E-state index contributed by atoms with van der Waals surface area (Å²) in [6.45, 7) is 1.49. The lowest BCUT2D eigenvalue weighted by molar-refractivity contribution is -0.113. The Morgan fingerprint density at radius 2 is 1.86 bits per heavy atom. The molecule has 0 aliphatic heterocycles. The summed E-state index contributed by atoms with van der Waals surface area (Å²) < 4.78 is 0. The fraction of sp³-hybridized carbons (Fsp3) is 0.118. The van der Waals surface area contributed by atoms with Gasteiger partial charge in [0.15, 0.2) is 5.78 Å². The third-order valence-electron chi connectivity index (χ3n) is 3.10. The Hall–Kier alpha value is -2.75. The first-order valence-corrected chi connectivity index (χ1v) is 6.55. The van der Waals surface area contributed by atoms with Gasteiger partial charge in [-0.15, -0.1) is 0 Å². The summed E-state index contributed by atoms with van der Waals surface area (Å²) in [5.41, 5.74) is 2.32. The molecule has 0 unspecified atom stereocenters. The molecule has 1 aromatic rings. The van der Waals surface area contributed by atoms with E-state index in [1.807, 2.05) is 0 Å². The smallest absolute Gasteiger partial charge is 0.251 e. The van der Waals surface area contributed by atoms with E-state index < -0.39 is 0 Å². The molecule has 1 aromatic carbocycles. The van der Waals surface area contributed by atoms with Gasteiger partial charge in [0.05, 0.1) is 0 Å². The molecular weight excluding hydrogens is 266 g/mol. The largest absolute Gasteiger partial charge is 0.322 e. The van der Waals surface area contributed by atoms with Crippen LogP contribution in [-0.4, -0.2) is 18.0 Å². The third kappa shape index (κ3) is 3.86. The highest BCUT2D eigenvalue weighted by molar-refractivity contribution is 6.04. The van der Waals surface area contributed by atoms with Gasteiger partial charge in [-0.05, 0) is 37.6 Å². The van der Waals surface area contributed by atoms with E-state index >= 15 is 0 Å². The van der Waals surface area contributed by atoms with Crippen molar-refractivity contribution in [3.63, 3.8) is 0 Å².